The molecule has 0 amide bonds. The molecule has 2 aromatic carbocycles. The van der Waals surface area contributed by atoms with E-state index in [0.717, 1.165) is 25.9 Å². The van der Waals surface area contributed by atoms with Crippen molar-refractivity contribution in [3.8, 4) is 0 Å². The fourth-order valence-electron chi connectivity index (χ4n) is 4.94. The normalized spacial score (nSPS) is 25.5. The van der Waals surface area contributed by atoms with Crippen LogP contribution in [0.15, 0.2) is 60.2 Å². The second kappa shape index (κ2) is 6.44. The maximum Gasteiger partial charge on any atom is 0.0391 e. The first-order valence-electron chi connectivity index (χ1n) is 9.69. The molecule has 0 saturated carbocycles. The molecule has 0 aliphatic carbocycles. The summed E-state index contributed by atoms with van der Waals surface area (Å²) in [5.41, 5.74) is 7.81. The zero-order valence-electron chi connectivity index (χ0n) is 14.7. The summed E-state index contributed by atoms with van der Waals surface area (Å²) in [7, 11) is 0. The van der Waals surface area contributed by atoms with Crippen LogP contribution in [0.4, 0.5) is 0 Å². The summed E-state index contributed by atoms with van der Waals surface area (Å²) in [6.45, 7) is 3.42. The minimum Gasteiger partial charge on any atom is -0.309 e. The maximum absolute atomic E-state index is 3.76. The Kier molecular flexibility index (Phi) is 3.95. The lowest BCUT2D eigenvalue weighted by molar-refractivity contribution is 0.190. The van der Waals surface area contributed by atoms with E-state index >= 15 is 0 Å². The summed E-state index contributed by atoms with van der Waals surface area (Å²) in [5.74, 6) is 0. The Labute approximate surface area is 150 Å². The van der Waals surface area contributed by atoms with E-state index < -0.39 is 0 Å². The SMILES string of the molecule is C1=C(CC2NCCc3ccccc32)CC2c3ccccc3CCN2C1. The van der Waals surface area contributed by atoms with E-state index in [2.05, 4.69) is 64.8 Å². The maximum atomic E-state index is 3.76. The molecule has 2 heteroatoms. The van der Waals surface area contributed by atoms with Gasteiger partial charge in [0.05, 0.1) is 0 Å². The van der Waals surface area contributed by atoms with Crippen LogP contribution in [0, 0.1) is 0 Å². The average molecular weight is 330 g/mol. The Morgan fingerprint density at radius 3 is 2.56 bits per heavy atom. The molecule has 2 unspecified atom stereocenters. The van der Waals surface area contributed by atoms with E-state index in [1.165, 1.54) is 30.5 Å². The molecule has 3 aliphatic rings. The number of hydrogen-bond donors (Lipinski definition) is 1. The van der Waals surface area contributed by atoms with E-state index in [4.69, 9.17) is 0 Å². The quantitative estimate of drug-likeness (QED) is 0.831. The first-order valence-corrected chi connectivity index (χ1v) is 9.69. The third-order valence-electron chi connectivity index (χ3n) is 6.28. The summed E-state index contributed by atoms with van der Waals surface area (Å²) in [6, 6.07) is 19.1. The van der Waals surface area contributed by atoms with Gasteiger partial charge in [0.1, 0.15) is 0 Å². The predicted octanol–water partition coefficient (Wildman–Crippen LogP) is 4.19. The van der Waals surface area contributed by atoms with Gasteiger partial charge in [0.25, 0.3) is 0 Å². The van der Waals surface area contributed by atoms with E-state index in [0.29, 0.717) is 12.1 Å². The van der Waals surface area contributed by atoms with Gasteiger partial charge in [-0.1, -0.05) is 60.2 Å². The van der Waals surface area contributed by atoms with Gasteiger partial charge in [-0.2, -0.15) is 0 Å². The summed E-state index contributed by atoms with van der Waals surface area (Å²) in [6.07, 6.45) is 7.22. The van der Waals surface area contributed by atoms with Crippen molar-refractivity contribution in [1.29, 1.82) is 0 Å². The van der Waals surface area contributed by atoms with E-state index in [1.54, 1.807) is 16.7 Å². The molecule has 5 rings (SSSR count). The molecule has 0 bridgehead atoms. The molecule has 0 saturated heterocycles. The van der Waals surface area contributed by atoms with Gasteiger partial charge in [-0.05, 0) is 54.5 Å². The third-order valence-corrected chi connectivity index (χ3v) is 6.28. The molecule has 0 fully saturated rings. The van der Waals surface area contributed by atoms with Crippen LogP contribution in [0.25, 0.3) is 0 Å². The summed E-state index contributed by atoms with van der Waals surface area (Å²) >= 11 is 0. The average Bonchev–Trinajstić information content (AvgIpc) is 2.68. The Morgan fingerprint density at radius 1 is 0.920 bits per heavy atom. The van der Waals surface area contributed by atoms with Gasteiger partial charge in [0.15, 0.2) is 0 Å². The molecule has 0 spiro atoms. The number of fused-ring (bicyclic) bond motifs is 4. The van der Waals surface area contributed by atoms with Crippen molar-refractivity contribution < 1.29 is 0 Å². The van der Waals surface area contributed by atoms with Crippen LogP contribution < -0.4 is 5.32 Å². The molecular formula is C23H26N2. The minimum absolute atomic E-state index is 0.488. The Hall–Kier alpha value is -1.90. The molecule has 2 nitrogen and oxygen atoms in total. The molecule has 2 aromatic rings. The molecule has 25 heavy (non-hydrogen) atoms. The zero-order valence-corrected chi connectivity index (χ0v) is 14.7. The highest BCUT2D eigenvalue weighted by Crippen LogP contribution is 2.39. The number of benzene rings is 2. The summed E-state index contributed by atoms with van der Waals surface area (Å²) in [5, 5.41) is 3.76. The highest BCUT2D eigenvalue weighted by molar-refractivity contribution is 5.37. The third kappa shape index (κ3) is 2.84. The minimum atomic E-state index is 0.488. The van der Waals surface area contributed by atoms with Crippen molar-refractivity contribution in [2.45, 2.75) is 37.8 Å². The molecule has 0 aromatic heterocycles. The predicted molar refractivity (Wildman–Crippen MR) is 103 cm³/mol. The fraction of sp³-hybridized carbons (Fsp3) is 0.391. The van der Waals surface area contributed by atoms with Crippen LogP contribution >= 0.6 is 0 Å². The van der Waals surface area contributed by atoms with E-state index in [9.17, 15) is 0 Å². The number of nitrogens with one attached hydrogen (secondary N) is 1. The molecular weight excluding hydrogens is 304 g/mol. The smallest absolute Gasteiger partial charge is 0.0391 e. The molecule has 1 N–H and O–H groups in total. The van der Waals surface area contributed by atoms with Crippen molar-refractivity contribution in [1.82, 2.24) is 10.2 Å². The fourth-order valence-corrected chi connectivity index (χ4v) is 4.94. The largest absolute Gasteiger partial charge is 0.309 e. The lowest BCUT2D eigenvalue weighted by Gasteiger charge is -2.41. The van der Waals surface area contributed by atoms with Gasteiger partial charge < -0.3 is 5.32 Å². The van der Waals surface area contributed by atoms with Crippen molar-refractivity contribution in [2.75, 3.05) is 19.6 Å². The summed E-state index contributed by atoms with van der Waals surface area (Å²) in [4.78, 5) is 2.66. The zero-order chi connectivity index (χ0) is 16.6. The van der Waals surface area contributed by atoms with Crippen LogP contribution in [-0.2, 0) is 12.8 Å². The molecule has 3 aliphatic heterocycles. The van der Waals surface area contributed by atoms with Crippen molar-refractivity contribution in [2.24, 2.45) is 0 Å². The van der Waals surface area contributed by atoms with Gasteiger partial charge >= 0.3 is 0 Å². The first-order chi connectivity index (χ1) is 12.4. The second-order valence-corrected chi connectivity index (χ2v) is 7.69. The van der Waals surface area contributed by atoms with Crippen LogP contribution in [0.2, 0.25) is 0 Å². The van der Waals surface area contributed by atoms with E-state index in [-0.39, 0.29) is 0 Å². The standard InChI is InChI=1S/C23H26N2/c1-3-7-20-18(5-1)9-12-24-22(20)15-17-10-13-25-14-11-19-6-2-4-8-21(19)23(25)16-17/h1-8,10,22-24H,9,11-16H2. The van der Waals surface area contributed by atoms with E-state index in [1.807, 2.05) is 0 Å². The number of hydrogen-bond acceptors (Lipinski definition) is 2. The highest BCUT2D eigenvalue weighted by atomic mass is 15.2. The highest BCUT2D eigenvalue weighted by Gasteiger charge is 2.31. The van der Waals surface area contributed by atoms with Crippen LogP contribution in [0.5, 0.6) is 0 Å². The first kappa shape index (κ1) is 15.4. The number of rotatable bonds is 2. The van der Waals surface area contributed by atoms with Crippen LogP contribution in [0.1, 0.15) is 47.2 Å². The molecule has 128 valence electrons. The Morgan fingerprint density at radius 2 is 1.68 bits per heavy atom. The second-order valence-electron chi connectivity index (χ2n) is 7.69. The van der Waals surface area contributed by atoms with Crippen molar-refractivity contribution in [3.05, 3.63) is 82.4 Å². The molecule has 0 radical (unpaired) electrons. The molecule has 2 atom stereocenters. The van der Waals surface area contributed by atoms with Gasteiger partial charge in [0, 0.05) is 25.2 Å². The monoisotopic (exact) mass is 330 g/mol. The number of nitrogens with zero attached hydrogens (tertiary/aromatic N) is 1. The lowest BCUT2D eigenvalue weighted by atomic mass is 9.83. The van der Waals surface area contributed by atoms with Crippen LogP contribution in [0.3, 0.4) is 0 Å². The van der Waals surface area contributed by atoms with Crippen LogP contribution in [-0.4, -0.2) is 24.5 Å². The van der Waals surface area contributed by atoms with Gasteiger partial charge in [-0.25, -0.2) is 0 Å². The van der Waals surface area contributed by atoms with Crippen molar-refractivity contribution in [3.63, 3.8) is 0 Å². The van der Waals surface area contributed by atoms with Crippen molar-refractivity contribution >= 4 is 0 Å². The van der Waals surface area contributed by atoms with Gasteiger partial charge in [0.2, 0.25) is 0 Å². The Bertz CT molecular complexity index is 807. The Balaban J connectivity index is 1.38. The topological polar surface area (TPSA) is 15.3 Å². The van der Waals surface area contributed by atoms with Gasteiger partial charge in [-0.3, -0.25) is 4.90 Å². The summed E-state index contributed by atoms with van der Waals surface area (Å²) < 4.78 is 0. The molecule has 3 heterocycles. The van der Waals surface area contributed by atoms with Gasteiger partial charge in [-0.15, -0.1) is 0 Å². The lowest BCUT2D eigenvalue weighted by Crippen LogP contribution is -2.38.